The first-order chi connectivity index (χ1) is 14.1. The molecular formula is C20H21F3N2O5. The van der Waals surface area contributed by atoms with Crippen LogP contribution in [0.2, 0.25) is 0 Å². The van der Waals surface area contributed by atoms with Crippen LogP contribution >= 0.6 is 0 Å². The van der Waals surface area contributed by atoms with Crippen LogP contribution in [-0.4, -0.2) is 43.0 Å². The number of nitrogens with zero attached hydrogens (tertiary/aromatic N) is 1. The molecule has 2 heterocycles. The molecule has 2 aliphatic rings. The van der Waals surface area contributed by atoms with Crippen molar-refractivity contribution in [3.63, 3.8) is 0 Å². The van der Waals surface area contributed by atoms with Gasteiger partial charge in [0.15, 0.2) is 0 Å². The number of ether oxygens (including phenoxy) is 1. The molecule has 0 saturated carbocycles. The van der Waals surface area contributed by atoms with Gasteiger partial charge in [0.25, 0.3) is 0 Å². The zero-order chi connectivity index (χ0) is 21.9. The Morgan fingerprint density at radius 3 is 2.27 bits per heavy atom. The normalized spacial score (nSPS) is 20.6. The molecule has 2 amide bonds. The first-order valence-corrected chi connectivity index (χ1v) is 9.64. The summed E-state index contributed by atoms with van der Waals surface area (Å²) in [7, 11) is 0. The van der Waals surface area contributed by atoms with E-state index in [2.05, 4.69) is 15.0 Å². The Morgan fingerprint density at radius 1 is 1.07 bits per heavy atom. The van der Waals surface area contributed by atoms with E-state index in [1.54, 1.807) is 0 Å². The first-order valence-electron chi connectivity index (χ1n) is 9.64. The molecular weight excluding hydrogens is 405 g/mol. The summed E-state index contributed by atoms with van der Waals surface area (Å²) in [6.45, 7) is 1.20. The Labute approximate surface area is 170 Å². The van der Waals surface area contributed by atoms with Crippen molar-refractivity contribution in [2.24, 2.45) is 5.92 Å². The molecule has 10 heteroatoms. The first kappa shape index (κ1) is 21.8. The van der Waals surface area contributed by atoms with Crippen LogP contribution < -0.4 is 10.2 Å². The summed E-state index contributed by atoms with van der Waals surface area (Å²) >= 11 is 0. The fourth-order valence-corrected chi connectivity index (χ4v) is 3.76. The van der Waals surface area contributed by atoms with Crippen LogP contribution in [0.4, 0.5) is 18.9 Å². The van der Waals surface area contributed by atoms with Crippen molar-refractivity contribution in [3.8, 4) is 0 Å². The molecule has 30 heavy (non-hydrogen) atoms. The summed E-state index contributed by atoms with van der Waals surface area (Å²) in [6, 6.07) is 7.47. The van der Waals surface area contributed by atoms with Crippen LogP contribution in [0.1, 0.15) is 43.6 Å². The van der Waals surface area contributed by atoms with Crippen LogP contribution in [-0.2, 0) is 23.9 Å². The van der Waals surface area contributed by atoms with Crippen molar-refractivity contribution < 1.29 is 37.1 Å². The minimum absolute atomic E-state index is 0.155. The van der Waals surface area contributed by atoms with E-state index >= 15 is 0 Å². The highest BCUT2D eigenvalue weighted by Gasteiger charge is 2.42. The molecule has 162 valence electrons. The number of halogens is 3. The van der Waals surface area contributed by atoms with E-state index in [9.17, 15) is 32.3 Å². The van der Waals surface area contributed by atoms with Gasteiger partial charge in [-0.3, -0.25) is 19.7 Å². The number of anilines is 1. The molecule has 0 bridgehead atoms. The summed E-state index contributed by atoms with van der Waals surface area (Å²) in [5.74, 6) is -4.71. The number of benzene rings is 1. The molecule has 1 aromatic carbocycles. The highest BCUT2D eigenvalue weighted by atomic mass is 19.4. The van der Waals surface area contributed by atoms with Gasteiger partial charge in [0, 0.05) is 31.6 Å². The maximum atomic E-state index is 12.1. The van der Waals surface area contributed by atoms with E-state index in [1.165, 1.54) is 0 Å². The van der Waals surface area contributed by atoms with Crippen molar-refractivity contribution in [3.05, 3.63) is 29.8 Å². The van der Waals surface area contributed by atoms with E-state index in [0.29, 0.717) is 38.8 Å². The molecule has 0 radical (unpaired) electrons. The number of hydrogen-bond donors (Lipinski definition) is 1. The summed E-state index contributed by atoms with van der Waals surface area (Å²) in [6.07, 6.45) is -3.48. The van der Waals surface area contributed by atoms with Gasteiger partial charge in [-0.2, -0.15) is 13.2 Å². The molecule has 0 aliphatic carbocycles. The van der Waals surface area contributed by atoms with Crippen molar-refractivity contribution in [2.75, 3.05) is 18.0 Å². The second-order valence-electron chi connectivity index (χ2n) is 7.49. The fourth-order valence-electron chi connectivity index (χ4n) is 3.76. The van der Waals surface area contributed by atoms with Crippen LogP contribution in [0, 0.1) is 5.92 Å². The third-order valence-corrected chi connectivity index (χ3v) is 5.41. The van der Waals surface area contributed by atoms with Crippen LogP contribution in [0.3, 0.4) is 0 Å². The van der Waals surface area contributed by atoms with Crippen LogP contribution in [0.25, 0.3) is 0 Å². The molecule has 3 rings (SSSR count). The standard InChI is InChI=1S/C20H21F3N2O5/c21-20(22,23)19(29)30-17(27)11-12-7-9-25(10-8-12)14-3-1-13(2-4-14)15-5-6-16(26)24-18(15)28/h1-4,12,15H,5-11H2,(H,24,26,28). The lowest BCUT2D eigenvalue weighted by molar-refractivity contribution is -0.202. The topological polar surface area (TPSA) is 92.8 Å². The Bertz CT molecular complexity index is 830. The number of nitrogens with one attached hydrogen (secondary N) is 1. The molecule has 2 saturated heterocycles. The number of rotatable bonds is 4. The highest BCUT2D eigenvalue weighted by Crippen LogP contribution is 2.29. The highest BCUT2D eigenvalue weighted by molar-refractivity contribution is 6.00. The maximum Gasteiger partial charge on any atom is 0.491 e. The lowest BCUT2D eigenvalue weighted by Gasteiger charge is -2.33. The van der Waals surface area contributed by atoms with E-state index in [-0.39, 0.29) is 30.1 Å². The Balaban J connectivity index is 1.49. The molecule has 7 nitrogen and oxygen atoms in total. The Hall–Kier alpha value is -2.91. The number of alkyl halides is 3. The van der Waals surface area contributed by atoms with Crippen molar-refractivity contribution in [2.45, 2.75) is 44.2 Å². The fraction of sp³-hybridized carbons (Fsp3) is 0.500. The third kappa shape index (κ3) is 5.37. The minimum Gasteiger partial charge on any atom is -0.386 e. The van der Waals surface area contributed by atoms with Gasteiger partial charge < -0.3 is 9.64 Å². The SMILES string of the molecule is O=C1CCC(c2ccc(N3CCC(CC(=O)OC(=O)C(F)(F)F)CC3)cc2)C(=O)N1. The average molecular weight is 426 g/mol. The smallest absolute Gasteiger partial charge is 0.386 e. The van der Waals surface area contributed by atoms with E-state index in [0.717, 1.165) is 11.3 Å². The van der Waals surface area contributed by atoms with Gasteiger partial charge in [-0.05, 0) is 42.9 Å². The van der Waals surface area contributed by atoms with Gasteiger partial charge in [0.2, 0.25) is 11.8 Å². The lowest BCUT2D eigenvalue weighted by Crippen LogP contribution is -2.39. The molecule has 2 fully saturated rings. The molecule has 2 aliphatic heterocycles. The zero-order valence-electron chi connectivity index (χ0n) is 16.0. The summed E-state index contributed by atoms with van der Waals surface area (Å²) in [5.41, 5.74) is 1.76. The molecule has 1 aromatic rings. The molecule has 0 aromatic heterocycles. The number of carbonyl (C=O) groups excluding carboxylic acids is 4. The Morgan fingerprint density at radius 2 is 1.70 bits per heavy atom. The Kier molecular flexibility index (Phi) is 6.42. The predicted molar refractivity (Wildman–Crippen MR) is 98.3 cm³/mol. The number of esters is 2. The summed E-state index contributed by atoms with van der Waals surface area (Å²) in [4.78, 5) is 47.6. The monoisotopic (exact) mass is 426 g/mol. The zero-order valence-corrected chi connectivity index (χ0v) is 16.0. The van der Waals surface area contributed by atoms with Gasteiger partial charge >= 0.3 is 18.1 Å². The summed E-state index contributed by atoms with van der Waals surface area (Å²) < 4.78 is 40.3. The second kappa shape index (κ2) is 8.85. The van der Waals surface area contributed by atoms with E-state index in [4.69, 9.17) is 0 Å². The molecule has 0 spiro atoms. The maximum absolute atomic E-state index is 12.1. The second-order valence-corrected chi connectivity index (χ2v) is 7.49. The van der Waals surface area contributed by atoms with Gasteiger partial charge in [-0.25, -0.2) is 4.79 Å². The van der Waals surface area contributed by atoms with Crippen LogP contribution in [0.5, 0.6) is 0 Å². The quantitative estimate of drug-likeness (QED) is 0.452. The third-order valence-electron chi connectivity index (χ3n) is 5.41. The largest absolute Gasteiger partial charge is 0.491 e. The van der Waals surface area contributed by atoms with Crippen LogP contribution in [0.15, 0.2) is 24.3 Å². The number of amides is 2. The van der Waals surface area contributed by atoms with Crippen molar-refractivity contribution in [1.82, 2.24) is 5.32 Å². The number of hydrogen-bond acceptors (Lipinski definition) is 6. The molecule has 1 atom stereocenters. The van der Waals surface area contributed by atoms with Gasteiger partial charge in [0.1, 0.15) is 0 Å². The van der Waals surface area contributed by atoms with Gasteiger partial charge in [-0.15, -0.1) is 0 Å². The van der Waals surface area contributed by atoms with Crippen molar-refractivity contribution in [1.29, 1.82) is 0 Å². The number of imide groups is 1. The number of piperidine rings is 2. The minimum atomic E-state index is -5.18. The molecule has 1 N–H and O–H groups in total. The lowest BCUT2D eigenvalue weighted by atomic mass is 9.90. The summed E-state index contributed by atoms with van der Waals surface area (Å²) in [5, 5.41) is 2.34. The van der Waals surface area contributed by atoms with E-state index < -0.39 is 18.1 Å². The predicted octanol–water partition coefficient (Wildman–Crippen LogP) is 2.45. The average Bonchev–Trinajstić information content (AvgIpc) is 2.68. The molecule has 1 unspecified atom stereocenters. The number of carbonyl (C=O) groups is 4. The van der Waals surface area contributed by atoms with Gasteiger partial charge in [0.05, 0.1) is 5.92 Å². The van der Waals surface area contributed by atoms with Crippen molar-refractivity contribution >= 4 is 29.4 Å². The van der Waals surface area contributed by atoms with E-state index in [1.807, 2.05) is 24.3 Å². The van der Waals surface area contributed by atoms with Gasteiger partial charge in [-0.1, -0.05) is 12.1 Å².